The molecule has 1 N–H and O–H groups in total. The van der Waals surface area contributed by atoms with Gasteiger partial charge in [-0.05, 0) is 28.7 Å². The van der Waals surface area contributed by atoms with Crippen LogP contribution >= 0.6 is 0 Å². The standard InChI is InChI=1S/C30H41NO8/c1-2-33-14-15-35-18-19-37-22-23-38-21-20-36-17-16-34-13-7-12-31-30(32)39-24-29-27-10-5-3-8-25(27)26-9-4-6-11-28(26)29/h2-6,8-11,29H,1,7,12-24H2,(H,31,32). The zero-order chi connectivity index (χ0) is 27.4. The Hall–Kier alpha value is -2.95. The largest absolute Gasteiger partial charge is 0.499 e. The minimum atomic E-state index is -0.409. The molecule has 0 heterocycles. The molecule has 9 nitrogen and oxygen atoms in total. The van der Waals surface area contributed by atoms with Gasteiger partial charge in [0.2, 0.25) is 0 Å². The van der Waals surface area contributed by atoms with E-state index in [-0.39, 0.29) is 5.92 Å². The second-order valence-electron chi connectivity index (χ2n) is 8.71. The predicted molar refractivity (Wildman–Crippen MR) is 148 cm³/mol. The van der Waals surface area contributed by atoms with E-state index in [2.05, 4.69) is 36.2 Å². The van der Waals surface area contributed by atoms with Crippen LogP contribution in [0.5, 0.6) is 0 Å². The average molecular weight is 544 g/mol. The minimum Gasteiger partial charge on any atom is -0.499 e. The highest BCUT2D eigenvalue weighted by Gasteiger charge is 2.28. The molecule has 0 aliphatic heterocycles. The Morgan fingerprint density at radius 1 is 0.692 bits per heavy atom. The van der Waals surface area contributed by atoms with E-state index < -0.39 is 6.09 Å². The summed E-state index contributed by atoms with van der Waals surface area (Å²) in [6, 6.07) is 16.6. The van der Waals surface area contributed by atoms with Crippen molar-refractivity contribution in [1.82, 2.24) is 5.32 Å². The Bertz CT molecular complexity index is 924. The molecule has 0 aromatic heterocycles. The summed E-state index contributed by atoms with van der Waals surface area (Å²) in [5.74, 6) is 0.0593. The molecule has 1 amide bonds. The summed E-state index contributed by atoms with van der Waals surface area (Å²) in [5, 5.41) is 2.80. The normalized spacial score (nSPS) is 12.1. The van der Waals surface area contributed by atoms with E-state index in [1.54, 1.807) is 0 Å². The van der Waals surface area contributed by atoms with Gasteiger partial charge in [-0.2, -0.15) is 0 Å². The van der Waals surface area contributed by atoms with Gasteiger partial charge in [0.05, 0.1) is 65.7 Å². The lowest BCUT2D eigenvalue weighted by molar-refractivity contribution is -0.0137. The van der Waals surface area contributed by atoms with Gasteiger partial charge in [0, 0.05) is 19.1 Å². The first-order chi connectivity index (χ1) is 19.3. The molecule has 39 heavy (non-hydrogen) atoms. The van der Waals surface area contributed by atoms with Crippen molar-refractivity contribution in [2.45, 2.75) is 12.3 Å². The molecule has 0 atom stereocenters. The van der Waals surface area contributed by atoms with Crippen LogP contribution in [0.2, 0.25) is 0 Å². The van der Waals surface area contributed by atoms with Gasteiger partial charge in [-0.1, -0.05) is 55.1 Å². The fourth-order valence-electron chi connectivity index (χ4n) is 4.19. The number of benzene rings is 2. The smallest absolute Gasteiger partial charge is 0.407 e. The van der Waals surface area contributed by atoms with Crippen molar-refractivity contribution in [3.63, 3.8) is 0 Å². The van der Waals surface area contributed by atoms with Crippen molar-refractivity contribution in [3.05, 3.63) is 72.5 Å². The number of hydrogen-bond acceptors (Lipinski definition) is 8. The van der Waals surface area contributed by atoms with Gasteiger partial charge in [0.25, 0.3) is 0 Å². The Balaban J connectivity index is 1.09. The number of fused-ring (bicyclic) bond motifs is 3. The van der Waals surface area contributed by atoms with Crippen LogP contribution in [0.4, 0.5) is 4.79 Å². The lowest BCUT2D eigenvalue weighted by atomic mass is 9.98. The maximum Gasteiger partial charge on any atom is 0.407 e. The molecule has 1 aliphatic rings. The van der Waals surface area contributed by atoms with Crippen LogP contribution in [0, 0.1) is 0 Å². The average Bonchev–Trinajstić information content (AvgIpc) is 3.28. The van der Waals surface area contributed by atoms with Gasteiger partial charge in [-0.15, -0.1) is 0 Å². The Morgan fingerprint density at radius 2 is 1.15 bits per heavy atom. The van der Waals surface area contributed by atoms with Gasteiger partial charge < -0.3 is 38.5 Å². The maximum absolute atomic E-state index is 12.2. The molecule has 2 aromatic carbocycles. The van der Waals surface area contributed by atoms with Crippen molar-refractivity contribution in [2.75, 3.05) is 85.8 Å². The van der Waals surface area contributed by atoms with Gasteiger partial charge in [-0.25, -0.2) is 4.79 Å². The number of alkyl carbamates (subject to hydrolysis) is 1. The van der Waals surface area contributed by atoms with Gasteiger partial charge in [0.1, 0.15) is 13.2 Å². The van der Waals surface area contributed by atoms with Crippen LogP contribution in [0.25, 0.3) is 11.1 Å². The van der Waals surface area contributed by atoms with Crippen LogP contribution in [-0.2, 0) is 33.2 Å². The molecule has 0 unspecified atom stereocenters. The lowest BCUT2D eigenvalue weighted by Crippen LogP contribution is -2.27. The van der Waals surface area contributed by atoms with Gasteiger partial charge >= 0.3 is 6.09 Å². The van der Waals surface area contributed by atoms with E-state index in [0.717, 1.165) is 0 Å². The van der Waals surface area contributed by atoms with E-state index >= 15 is 0 Å². The SMILES string of the molecule is C=COCCOCCOCCOCCOCCOCCCNC(=O)OCC1c2ccccc2-c2ccccc21. The molecule has 1 aliphatic carbocycles. The third-order valence-electron chi connectivity index (χ3n) is 6.03. The molecule has 214 valence electrons. The number of carbonyl (C=O) groups is 1. The number of carbonyl (C=O) groups excluding carboxylic acids is 1. The highest BCUT2D eigenvalue weighted by Crippen LogP contribution is 2.44. The first-order valence-corrected chi connectivity index (χ1v) is 13.5. The minimum absolute atomic E-state index is 0.0593. The van der Waals surface area contributed by atoms with E-state index in [0.29, 0.717) is 92.2 Å². The molecule has 0 spiro atoms. The Kier molecular flexibility index (Phi) is 15.0. The van der Waals surface area contributed by atoms with Crippen molar-refractivity contribution in [2.24, 2.45) is 0 Å². The summed E-state index contributed by atoms with van der Waals surface area (Å²) in [5.41, 5.74) is 4.83. The quantitative estimate of drug-likeness (QED) is 0.175. The molecule has 0 saturated carbocycles. The Labute approximate surface area is 231 Å². The third-order valence-corrected chi connectivity index (χ3v) is 6.03. The summed E-state index contributed by atoms with van der Waals surface area (Å²) in [6.45, 7) is 9.86. The zero-order valence-corrected chi connectivity index (χ0v) is 22.6. The summed E-state index contributed by atoms with van der Waals surface area (Å²) < 4.78 is 37.7. The van der Waals surface area contributed by atoms with Crippen LogP contribution < -0.4 is 5.32 Å². The molecule has 2 aromatic rings. The van der Waals surface area contributed by atoms with Crippen molar-refractivity contribution in [1.29, 1.82) is 0 Å². The number of hydrogen-bond donors (Lipinski definition) is 1. The van der Waals surface area contributed by atoms with Crippen LogP contribution in [-0.4, -0.2) is 91.9 Å². The molecule has 3 rings (SSSR count). The second kappa shape index (κ2) is 19.2. The first-order valence-electron chi connectivity index (χ1n) is 13.5. The summed E-state index contributed by atoms with van der Waals surface area (Å²) in [4.78, 5) is 12.2. The fraction of sp³-hybridized carbons (Fsp3) is 0.500. The topological polar surface area (TPSA) is 93.7 Å². The monoisotopic (exact) mass is 543 g/mol. The third kappa shape index (κ3) is 11.4. The van der Waals surface area contributed by atoms with Crippen molar-refractivity contribution in [3.8, 4) is 11.1 Å². The number of nitrogens with one attached hydrogen (secondary N) is 1. The number of amides is 1. The molecular weight excluding hydrogens is 502 g/mol. The van der Waals surface area contributed by atoms with Crippen LogP contribution in [0.3, 0.4) is 0 Å². The molecule has 0 saturated heterocycles. The van der Waals surface area contributed by atoms with E-state index in [4.69, 9.17) is 33.2 Å². The van der Waals surface area contributed by atoms with Crippen molar-refractivity contribution >= 4 is 6.09 Å². The fourth-order valence-corrected chi connectivity index (χ4v) is 4.19. The zero-order valence-electron chi connectivity index (χ0n) is 22.6. The summed E-state index contributed by atoms with van der Waals surface area (Å²) in [7, 11) is 0. The highest BCUT2D eigenvalue weighted by atomic mass is 16.6. The van der Waals surface area contributed by atoms with E-state index in [1.165, 1.54) is 28.5 Å². The summed E-state index contributed by atoms with van der Waals surface area (Å²) in [6.07, 6.45) is 1.68. The lowest BCUT2D eigenvalue weighted by Gasteiger charge is -2.14. The van der Waals surface area contributed by atoms with E-state index in [1.807, 2.05) is 24.3 Å². The maximum atomic E-state index is 12.2. The van der Waals surface area contributed by atoms with Gasteiger partial charge in [0.15, 0.2) is 0 Å². The molecule has 0 fully saturated rings. The number of rotatable bonds is 22. The summed E-state index contributed by atoms with van der Waals surface area (Å²) >= 11 is 0. The van der Waals surface area contributed by atoms with Crippen LogP contribution in [0.1, 0.15) is 23.5 Å². The second-order valence-corrected chi connectivity index (χ2v) is 8.71. The molecular formula is C30H41NO8. The van der Waals surface area contributed by atoms with E-state index in [9.17, 15) is 4.79 Å². The van der Waals surface area contributed by atoms with Gasteiger partial charge in [-0.3, -0.25) is 0 Å². The van der Waals surface area contributed by atoms with Crippen LogP contribution in [0.15, 0.2) is 61.4 Å². The Morgan fingerprint density at radius 3 is 1.67 bits per heavy atom. The predicted octanol–water partition coefficient (Wildman–Crippen LogP) is 4.16. The number of ether oxygens (including phenoxy) is 7. The first kappa shape index (κ1) is 30.6. The molecule has 9 heteroatoms. The molecule has 0 radical (unpaired) electrons. The highest BCUT2D eigenvalue weighted by molar-refractivity contribution is 5.79. The van der Waals surface area contributed by atoms with Crippen molar-refractivity contribution < 1.29 is 38.0 Å². The molecule has 0 bridgehead atoms.